The van der Waals surface area contributed by atoms with Gasteiger partial charge in [-0.25, -0.2) is 0 Å². The van der Waals surface area contributed by atoms with Crippen molar-refractivity contribution in [1.29, 1.82) is 0 Å². The van der Waals surface area contributed by atoms with Crippen LogP contribution in [0.2, 0.25) is 0 Å². The fraction of sp³-hybridized carbons (Fsp3) is 0.296. The summed E-state index contributed by atoms with van der Waals surface area (Å²) in [7, 11) is 0. The minimum absolute atomic E-state index is 0.379. The smallest absolute Gasteiger partial charge is 0.166 e. The number of hydrogen-bond acceptors (Lipinski definition) is 4. The van der Waals surface area contributed by atoms with Crippen LogP contribution in [0.15, 0.2) is 133 Å². The maximum absolute atomic E-state index is 2.55. The molecule has 0 bridgehead atoms. The van der Waals surface area contributed by atoms with Crippen molar-refractivity contribution in [1.82, 2.24) is 0 Å². The zero-order valence-corrected chi connectivity index (χ0v) is 36.6. The Balaban J connectivity index is 1.59. The lowest BCUT2D eigenvalue weighted by Crippen LogP contribution is -2.33. The average molecular weight is 765 g/mol. The molecule has 6 aromatic rings. The molecule has 0 aromatic heterocycles. The molecule has 296 valence electrons. The van der Waals surface area contributed by atoms with Crippen molar-refractivity contribution in [3.63, 3.8) is 0 Å². The van der Waals surface area contributed by atoms with Gasteiger partial charge < -0.3 is 0 Å². The van der Waals surface area contributed by atoms with E-state index in [1.165, 1.54) is 67.3 Å². The molecule has 0 amide bonds. The number of nitrogens with zero attached hydrogens (tertiary/aromatic N) is 4. The second kappa shape index (κ2) is 15.2. The zero-order chi connectivity index (χ0) is 41.2. The van der Waals surface area contributed by atoms with E-state index in [4.69, 9.17) is 0 Å². The third-order valence-corrected chi connectivity index (χ3v) is 12.4. The summed E-state index contributed by atoms with van der Waals surface area (Å²) >= 11 is 0. The standard InChI is InChI=1S/C54H60N4/c1-33(2)41-17-13-21-45(29-41)55-49-25-37(9)38(10)26-50(49)56(46-22-14-18-42(30-46)34(3)4)53(55)54-57(47-23-15-19-43(31-47)35(5)6)51-27-39(11)40(12)28-52(51)58(54)48-24-16-20-44(32-48)36(7)8/h13-36H,1-12H3. The molecule has 0 saturated heterocycles. The molecule has 0 saturated carbocycles. The van der Waals surface area contributed by atoms with Gasteiger partial charge in [0.1, 0.15) is 0 Å². The molecule has 4 heteroatoms. The van der Waals surface area contributed by atoms with E-state index in [1.807, 2.05) is 0 Å². The van der Waals surface area contributed by atoms with Gasteiger partial charge in [-0.15, -0.1) is 0 Å². The maximum atomic E-state index is 2.55. The number of benzene rings is 6. The van der Waals surface area contributed by atoms with Crippen molar-refractivity contribution in [2.75, 3.05) is 19.6 Å². The third kappa shape index (κ3) is 6.77. The Hall–Kier alpha value is -5.74. The van der Waals surface area contributed by atoms with E-state index in [-0.39, 0.29) is 0 Å². The Labute approximate surface area is 348 Å². The summed E-state index contributed by atoms with van der Waals surface area (Å²) in [5, 5.41) is 0. The molecule has 0 radical (unpaired) electrons. The number of hydrogen-bond donors (Lipinski definition) is 0. The lowest BCUT2D eigenvalue weighted by atomic mass is 10.0. The van der Waals surface area contributed by atoms with Crippen molar-refractivity contribution in [2.45, 2.75) is 107 Å². The van der Waals surface area contributed by atoms with E-state index < -0.39 is 0 Å². The Morgan fingerprint density at radius 3 is 0.690 bits per heavy atom. The lowest BCUT2D eigenvalue weighted by molar-refractivity contribution is 0.862. The van der Waals surface area contributed by atoms with Crippen LogP contribution in [-0.4, -0.2) is 0 Å². The highest BCUT2D eigenvalue weighted by Gasteiger charge is 2.45. The van der Waals surface area contributed by atoms with E-state index in [2.05, 4.69) is 224 Å². The maximum Gasteiger partial charge on any atom is 0.166 e. The Morgan fingerprint density at radius 1 is 0.293 bits per heavy atom. The van der Waals surface area contributed by atoms with Gasteiger partial charge in [-0.05, 0) is 169 Å². The van der Waals surface area contributed by atoms with Gasteiger partial charge >= 0.3 is 0 Å². The van der Waals surface area contributed by atoms with Gasteiger partial charge in [0.2, 0.25) is 0 Å². The Bertz CT molecular complexity index is 2200. The first-order valence-corrected chi connectivity index (χ1v) is 21.3. The fourth-order valence-electron chi connectivity index (χ4n) is 8.48. The van der Waals surface area contributed by atoms with Crippen LogP contribution in [0.3, 0.4) is 0 Å². The summed E-state index contributed by atoms with van der Waals surface area (Å²) in [5.41, 5.74) is 19.7. The molecule has 0 spiro atoms. The summed E-state index contributed by atoms with van der Waals surface area (Å²) in [5.74, 6) is 3.71. The molecule has 0 atom stereocenters. The third-order valence-electron chi connectivity index (χ3n) is 12.4. The predicted molar refractivity (Wildman–Crippen MR) is 250 cm³/mol. The van der Waals surface area contributed by atoms with Crippen molar-refractivity contribution in [3.8, 4) is 0 Å². The van der Waals surface area contributed by atoms with E-state index in [1.54, 1.807) is 0 Å². The molecule has 0 unspecified atom stereocenters. The summed E-state index contributed by atoms with van der Waals surface area (Å²) in [4.78, 5) is 10.2. The van der Waals surface area contributed by atoms with Gasteiger partial charge in [0.25, 0.3) is 0 Å². The normalized spacial score (nSPS) is 13.9. The van der Waals surface area contributed by atoms with Crippen LogP contribution >= 0.6 is 0 Å². The Kier molecular flexibility index (Phi) is 10.3. The minimum atomic E-state index is 0.379. The molecular weight excluding hydrogens is 705 g/mol. The molecule has 2 aliphatic heterocycles. The molecular formula is C54H60N4. The number of rotatable bonds is 8. The summed E-state index contributed by atoms with van der Waals surface area (Å²) in [6, 6.07) is 46.4. The summed E-state index contributed by atoms with van der Waals surface area (Å²) < 4.78 is 0. The number of fused-ring (bicyclic) bond motifs is 2. The number of aryl methyl sites for hydroxylation is 4. The summed E-state index contributed by atoms with van der Waals surface area (Å²) in [6.07, 6.45) is 0. The molecule has 0 aliphatic carbocycles. The number of anilines is 8. The van der Waals surface area contributed by atoms with Gasteiger partial charge in [-0.2, -0.15) is 0 Å². The van der Waals surface area contributed by atoms with Crippen molar-refractivity contribution < 1.29 is 0 Å². The van der Waals surface area contributed by atoms with E-state index >= 15 is 0 Å². The van der Waals surface area contributed by atoms with Crippen LogP contribution in [0.5, 0.6) is 0 Å². The van der Waals surface area contributed by atoms with Crippen LogP contribution in [0, 0.1) is 27.7 Å². The van der Waals surface area contributed by atoms with Gasteiger partial charge in [0, 0.05) is 22.7 Å². The highest BCUT2D eigenvalue weighted by atomic mass is 15.5. The Morgan fingerprint density at radius 2 is 0.500 bits per heavy atom. The highest BCUT2D eigenvalue weighted by molar-refractivity contribution is 6.00. The second-order valence-electron chi connectivity index (χ2n) is 17.8. The topological polar surface area (TPSA) is 13.0 Å². The minimum Gasteiger partial charge on any atom is -0.291 e. The second-order valence-corrected chi connectivity index (χ2v) is 17.8. The summed E-state index contributed by atoms with van der Waals surface area (Å²) in [6.45, 7) is 27.3. The van der Waals surface area contributed by atoms with E-state index in [0.29, 0.717) is 23.7 Å². The lowest BCUT2D eigenvalue weighted by Gasteiger charge is -2.35. The van der Waals surface area contributed by atoms with Gasteiger partial charge in [-0.3, -0.25) is 19.6 Å². The van der Waals surface area contributed by atoms with E-state index in [9.17, 15) is 0 Å². The SMILES string of the molecule is Cc1cc2c(cc1C)N(c1cccc(C(C)C)c1)C(=C1N(c3cccc(C(C)C)c3)c3cc(C)c(C)cc3N1c1cccc(C(C)C)c1)N2c1cccc(C(C)C)c1. The van der Waals surface area contributed by atoms with Crippen LogP contribution in [-0.2, 0) is 0 Å². The molecule has 8 rings (SSSR count). The van der Waals surface area contributed by atoms with Crippen LogP contribution in [0.25, 0.3) is 0 Å². The fourth-order valence-corrected chi connectivity index (χ4v) is 8.48. The average Bonchev–Trinajstić information content (AvgIpc) is 3.69. The van der Waals surface area contributed by atoms with Crippen LogP contribution < -0.4 is 19.6 Å². The molecule has 2 heterocycles. The molecule has 0 N–H and O–H groups in total. The zero-order valence-electron chi connectivity index (χ0n) is 36.6. The van der Waals surface area contributed by atoms with Crippen LogP contribution in [0.4, 0.5) is 45.5 Å². The molecule has 58 heavy (non-hydrogen) atoms. The van der Waals surface area contributed by atoms with Crippen molar-refractivity contribution >= 4 is 45.5 Å². The van der Waals surface area contributed by atoms with E-state index in [0.717, 1.165) is 34.4 Å². The molecule has 2 aliphatic rings. The van der Waals surface area contributed by atoms with Gasteiger partial charge in [-0.1, -0.05) is 104 Å². The van der Waals surface area contributed by atoms with Crippen LogP contribution in [0.1, 0.15) is 124 Å². The first-order valence-electron chi connectivity index (χ1n) is 21.3. The largest absolute Gasteiger partial charge is 0.291 e. The van der Waals surface area contributed by atoms with Gasteiger partial charge in [0.15, 0.2) is 11.6 Å². The molecule has 4 nitrogen and oxygen atoms in total. The molecule has 6 aromatic carbocycles. The predicted octanol–water partition coefficient (Wildman–Crippen LogP) is 15.8. The highest BCUT2D eigenvalue weighted by Crippen LogP contribution is 2.58. The van der Waals surface area contributed by atoms with Gasteiger partial charge in [0.05, 0.1) is 22.7 Å². The van der Waals surface area contributed by atoms with Crippen molar-refractivity contribution in [3.05, 3.63) is 177 Å². The first kappa shape index (κ1) is 39.1. The first-order chi connectivity index (χ1) is 27.7. The molecule has 0 fully saturated rings. The monoisotopic (exact) mass is 764 g/mol. The quantitative estimate of drug-likeness (QED) is 0.153. The van der Waals surface area contributed by atoms with Crippen molar-refractivity contribution in [2.24, 2.45) is 0 Å².